The van der Waals surface area contributed by atoms with Crippen molar-refractivity contribution in [1.29, 1.82) is 0 Å². The highest BCUT2D eigenvalue weighted by Gasteiger charge is 2.28. The van der Waals surface area contributed by atoms with E-state index in [4.69, 9.17) is 27.6 Å². The summed E-state index contributed by atoms with van der Waals surface area (Å²) in [5.74, 6) is -0.00788. The van der Waals surface area contributed by atoms with Crippen molar-refractivity contribution in [3.63, 3.8) is 0 Å². The van der Waals surface area contributed by atoms with E-state index in [1.54, 1.807) is 43.3 Å². The van der Waals surface area contributed by atoms with Gasteiger partial charge in [-0.1, -0.05) is 35.3 Å². The lowest BCUT2D eigenvalue weighted by Crippen LogP contribution is -2.22. The van der Waals surface area contributed by atoms with Gasteiger partial charge in [0.15, 0.2) is 5.76 Å². The second-order valence-corrected chi connectivity index (χ2v) is 7.76. The second-order valence-electron chi connectivity index (χ2n) is 6.98. The number of hydrogen-bond donors (Lipinski definition) is 2. The predicted octanol–water partition coefficient (Wildman–Crippen LogP) is 5.01. The SMILES string of the molecule is Cc1c(C(=O)Nc2cccc(Cl)c2Cl)oc2c1/C(=N/NC(=O)c1ccccn1)CCC2. The standard InChI is InChI=1S/C22H18Cl2N4O3/c1-12-18-14(27-28-21(29)16-7-2-3-11-25-16)8-5-10-17(18)31-20(12)22(30)26-15-9-4-6-13(23)19(15)24/h2-4,6-7,9,11H,5,8,10H2,1H3,(H,26,30)(H,28,29)/b27-14+. The zero-order valence-electron chi connectivity index (χ0n) is 16.5. The quantitative estimate of drug-likeness (QED) is 0.538. The number of furan rings is 1. The lowest BCUT2D eigenvalue weighted by atomic mass is 9.93. The van der Waals surface area contributed by atoms with Gasteiger partial charge in [0, 0.05) is 23.7 Å². The fraction of sp³-hybridized carbons (Fsp3) is 0.182. The number of hydrazone groups is 1. The van der Waals surface area contributed by atoms with Crippen LogP contribution in [-0.2, 0) is 6.42 Å². The Bertz CT molecular complexity index is 1190. The van der Waals surface area contributed by atoms with Crippen molar-refractivity contribution >= 4 is 46.4 Å². The summed E-state index contributed by atoms with van der Waals surface area (Å²) < 4.78 is 5.87. The van der Waals surface area contributed by atoms with Crippen LogP contribution in [0, 0.1) is 6.92 Å². The van der Waals surface area contributed by atoms with Gasteiger partial charge in [0.2, 0.25) is 0 Å². The first-order valence-electron chi connectivity index (χ1n) is 9.61. The summed E-state index contributed by atoms with van der Waals surface area (Å²) in [6, 6.07) is 10.1. The lowest BCUT2D eigenvalue weighted by Gasteiger charge is -2.13. The number of aryl methyl sites for hydroxylation is 1. The van der Waals surface area contributed by atoms with Crippen LogP contribution in [0.25, 0.3) is 0 Å². The van der Waals surface area contributed by atoms with Crippen LogP contribution in [0.2, 0.25) is 10.0 Å². The zero-order valence-corrected chi connectivity index (χ0v) is 18.0. The van der Waals surface area contributed by atoms with Crippen LogP contribution >= 0.6 is 23.2 Å². The van der Waals surface area contributed by atoms with Crippen molar-refractivity contribution in [2.45, 2.75) is 26.2 Å². The van der Waals surface area contributed by atoms with Crippen LogP contribution in [0.1, 0.15) is 50.8 Å². The van der Waals surface area contributed by atoms with Gasteiger partial charge in [0.25, 0.3) is 11.8 Å². The monoisotopic (exact) mass is 456 g/mol. The van der Waals surface area contributed by atoms with Crippen molar-refractivity contribution in [3.8, 4) is 0 Å². The van der Waals surface area contributed by atoms with Gasteiger partial charge in [0.05, 0.1) is 21.4 Å². The number of rotatable bonds is 4. The molecule has 1 aliphatic carbocycles. The predicted molar refractivity (Wildman–Crippen MR) is 119 cm³/mol. The van der Waals surface area contributed by atoms with E-state index in [1.165, 1.54) is 6.20 Å². The van der Waals surface area contributed by atoms with E-state index in [1.807, 2.05) is 0 Å². The molecular weight excluding hydrogens is 439 g/mol. The molecule has 31 heavy (non-hydrogen) atoms. The fourth-order valence-corrected chi connectivity index (χ4v) is 3.80. The third-order valence-electron chi connectivity index (χ3n) is 4.92. The Balaban J connectivity index is 1.59. The number of carbonyl (C=O) groups is 2. The molecule has 4 rings (SSSR count). The average Bonchev–Trinajstić information content (AvgIpc) is 3.13. The van der Waals surface area contributed by atoms with E-state index in [2.05, 4.69) is 20.8 Å². The van der Waals surface area contributed by atoms with Crippen molar-refractivity contribution in [2.75, 3.05) is 5.32 Å². The molecule has 158 valence electrons. The second kappa shape index (κ2) is 8.91. The third kappa shape index (κ3) is 4.33. The fourth-order valence-electron chi connectivity index (χ4n) is 3.45. The van der Waals surface area contributed by atoms with Crippen molar-refractivity contribution in [2.24, 2.45) is 5.10 Å². The number of benzene rings is 1. The van der Waals surface area contributed by atoms with Gasteiger partial charge in [-0.25, -0.2) is 5.43 Å². The first-order valence-corrected chi connectivity index (χ1v) is 10.4. The van der Waals surface area contributed by atoms with Crippen LogP contribution in [0.3, 0.4) is 0 Å². The number of nitrogens with zero attached hydrogens (tertiary/aromatic N) is 2. The number of nitrogens with one attached hydrogen (secondary N) is 2. The Morgan fingerprint density at radius 3 is 2.71 bits per heavy atom. The molecule has 2 aromatic heterocycles. The first-order chi connectivity index (χ1) is 15.0. The van der Waals surface area contributed by atoms with E-state index in [0.29, 0.717) is 40.6 Å². The largest absolute Gasteiger partial charge is 0.455 e. The highest BCUT2D eigenvalue weighted by molar-refractivity contribution is 6.44. The molecule has 0 atom stereocenters. The molecule has 2 amide bonds. The summed E-state index contributed by atoms with van der Waals surface area (Å²) in [6.45, 7) is 1.79. The Kier molecular flexibility index (Phi) is 6.06. The van der Waals surface area contributed by atoms with Gasteiger partial charge in [-0.15, -0.1) is 0 Å². The van der Waals surface area contributed by atoms with Gasteiger partial charge in [0.1, 0.15) is 11.5 Å². The molecule has 1 aliphatic rings. The molecule has 0 bridgehead atoms. The lowest BCUT2D eigenvalue weighted by molar-refractivity contribution is 0.0948. The molecule has 0 radical (unpaired) electrons. The maximum absolute atomic E-state index is 12.8. The molecule has 0 saturated heterocycles. The maximum atomic E-state index is 12.8. The summed E-state index contributed by atoms with van der Waals surface area (Å²) in [7, 11) is 0. The van der Waals surface area contributed by atoms with Gasteiger partial charge in [-0.3, -0.25) is 14.6 Å². The minimum absolute atomic E-state index is 0.173. The topological polar surface area (TPSA) is 96.6 Å². The molecular formula is C22H18Cl2N4O3. The Morgan fingerprint density at radius 1 is 1.10 bits per heavy atom. The Morgan fingerprint density at radius 2 is 1.94 bits per heavy atom. The van der Waals surface area contributed by atoms with Gasteiger partial charge in [-0.05, 0) is 44.0 Å². The number of aromatic nitrogens is 1. The minimum Gasteiger partial charge on any atom is -0.455 e. The number of fused-ring (bicyclic) bond motifs is 1. The Labute approximate surface area is 188 Å². The molecule has 0 unspecified atom stereocenters. The number of carbonyl (C=O) groups excluding carboxylic acids is 2. The van der Waals surface area contributed by atoms with Crippen LogP contribution in [-0.4, -0.2) is 22.5 Å². The number of amides is 2. The smallest absolute Gasteiger partial charge is 0.291 e. The number of anilines is 1. The van der Waals surface area contributed by atoms with Crippen LogP contribution in [0.5, 0.6) is 0 Å². The molecule has 0 spiro atoms. The van der Waals surface area contributed by atoms with E-state index in [0.717, 1.165) is 12.0 Å². The van der Waals surface area contributed by atoms with E-state index in [9.17, 15) is 9.59 Å². The van der Waals surface area contributed by atoms with Crippen LogP contribution in [0.4, 0.5) is 5.69 Å². The van der Waals surface area contributed by atoms with Crippen molar-refractivity contribution in [3.05, 3.63) is 81.0 Å². The summed E-state index contributed by atoms with van der Waals surface area (Å²) >= 11 is 12.2. The summed E-state index contributed by atoms with van der Waals surface area (Å²) in [5, 5.41) is 7.62. The van der Waals surface area contributed by atoms with E-state index in [-0.39, 0.29) is 16.5 Å². The van der Waals surface area contributed by atoms with E-state index >= 15 is 0 Å². The molecule has 9 heteroatoms. The molecule has 3 aromatic rings. The first kappa shape index (κ1) is 21.1. The number of halogens is 2. The third-order valence-corrected chi connectivity index (χ3v) is 5.74. The minimum atomic E-state index is -0.437. The van der Waals surface area contributed by atoms with Crippen molar-refractivity contribution in [1.82, 2.24) is 10.4 Å². The van der Waals surface area contributed by atoms with Gasteiger partial charge < -0.3 is 9.73 Å². The normalized spacial score (nSPS) is 14.2. The molecule has 2 N–H and O–H groups in total. The molecule has 0 aliphatic heterocycles. The maximum Gasteiger partial charge on any atom is 0.291 e. The summed E-state index contributed by atoms with van der Waals surface area (Å²) in [5.41, 5.74) is 5.26. The highest BCUT2D eigenvalue weighted by Crippen LogP contribution is 2.32. The zero-order chi connectivity index (χ0) is 22.0. The van der Waals surface area contributed by atoms with Gasteiger partial charge >= 0.3 is 0 Å². The summed E-state index contributed by atoms with van der Waals surface area (Å²) in [4.78, 5) is 29.1. The number of pyridine rings is 1. The van der Waals surface area contributed by atoms with Crippen molar-refractivity contribution < 1.29 is 14.0 Å². The highest BCUT2D eigenvalue weighted by atomic mass is 35.5. The van der Waals surface area contributed by atoms with E-state index < -0.39 is 11.8 Å². The molecule has 2 heterocycles. The summed E-state index contributed by atoms with van der Waals surface area (Å²) in [6.07, 6.45) is 3.66. The molecule has 7 nitrogen and oxygen atoms in total. The van der Waals surface area contributed by atoms with Crippen LogP contribution < -0.4 is 10.7 Å². The average molecular weight is 457 g/mol. The van der Waals surface area contributed by atoms with Crippen LogP contribution in [0.15, 0.2) is 52.1 Å². The molecule has 0 fully saturated rings. The Hall–Kier alpha value is -3.16. The molecule has 1 aromatic carbocycles. The molecule has 0 saturated carbocycles. The van der Waals surface area contributed by atoms with Gasteiger partial charge in [-0.2, -0.15) is 5.10 Å². The number of hydrogen-bond acceptors (Lipinski definition) is 5.